The van der Waals surface area contributed by atoms with Crippen molar-refractivity contribution in [2.24, 2.45) is 0 Å². The Kier molecular flexibility index (Phi) is 7.78. The second-order valence-electron chi connectivity index (χ2n) is 10.8. The van der Waals surface area contributed by atoms with E-state index in [-0.39, 0.29) is 26.6 Å². The van der Waals surface area contributed by atoms with Crippen LogP contribution in [0.5, 0.6) is 0 Å². The van der Waals surface area contributed by atoms with Crippen LogP contribution in [0.3, 0.4) is 0 Å². The van der Waals surface area contributed by atoms with E-state index < -0.39 is 0 Å². The van der Waals surface area contributed by atoms with E-state index in [1.54, 1.807) is 18.2 Å². The Morgan fingerprint density at radius 2 is 1.15 bits per heavy atom. The highest BCUT2D eigenvalue weighted by Gasteiger charge is 2.42. The summed E-state index contributed by atoms with van der Waals surface area (Å²) >= 11 is 0. The van der Waals surface area contributed by atoms with Gasteiger partial charge in [0.1, 0.15) is 0 Å². The highest BCUT2D eigenvalue weighted by Crippen LogP contribution is 2.54. The van der Waals surface area contributed by atoms with Gasteiger partial charge in [0, 0.05) is 29.7 Å². The Balaban J connectivity index is 0.000000174. The summed E-state index contributed by atoms with van der Waals surface area (Å²) in [5.41, 5.74) is 9.91. The standard InChI is InChI=1S/C21H25NO2.C13H9NO2/c1-3-5-13-21(14-6-4-2)19-10-8-7-9-17(19)18-12-11-16(22(23)24)15-20(18)21;15-14(16)11-5-6-13-10(8-11)7-9-3-1-2-4-12(9)13/h7-12,15H,3-6,13-14H2,1-2H3;1-6,8H,7H2. The van der Waals surface area contributed by atoms with Crippen LogP contribution in [0.1, 0.15) is 74.6 Å². The van der Waals surface area contributed by atoms with Gasteiger partial charge in [-0.25, -0.2) is 0 Å². The third-order valence-electron chi connectivity index (χ3n) is 8.36. The zero-order valence-electron chi connectivity index (χ0n) is 23.1. The third-order valence-corrected chi connectivity index (χ3v) is 8.36. The summed E-state index contributed by atoms with van der Waals surface area (Å²) in [6.07, 6.45) is 7.48. The zero-order chi connectivity index (χ0) is 28.3. The van der Waals surface area contributed by atoms with E-state index in [9.17, 15) is 20.2 Å². The fraction of sp³-hybridized carbons (Fsp3) is 0.294. The molecule has 0 amide bonds. The average molecular weight is 535 g/mol. The number of benzene rings is 4. The Morgan fingerprint density at radius 3 is 1.80 bits per heavy atom. The largest absolute Gasteiger partial charge is 0.269 e. The fourth-order valence-electron chi connectivity index (χ4n) is 6.42. The SMILES string of the molecule is CCCCC1(CCCC)c2ccccc2-c2ccc([N+](=O)[O-])cc21.O=[N+]([O-])c1ccc2c(c1)Cc1ccccc1-2. The van der Waals surface area contributed by atoms with Gasteiger partial charge in [0.05, 0.1) is 9.85 Å². The lowest BCUT2D eigenvalue weighted by atomic mass is 9.71. The number of non-ortho nitro benzene ring substituents is 2. The summed E-state index contributed by atoms with van der Waals surface area (Å²) in [5, 5.41) is 22.0. The molecular formula is C34H34N2O4. The first-order valence-electron chi connectivity index (χ1n) is 14.1. The molecule has 0 spiro atoms. The summed E-state index contributed by atoms with van der Waals surface area (Å²) in [6.45, 7) is 4.42. The minimum atomic E-state index is -0.344. The fourth-order valence-corrected chi connectivity index (χ4v) is 6.42. The van der Waals surface area contributed by atoms with E-state index in [0.717, 1.165) is 56.1 Å². The van der Waals surface area contributed by atoms with Crippen LogP contribution < -0.4 is 0 Å². The molecule has 0 unspecified atom stereocenters. The Labute approximate surface area is 235 Å². The summed E-state index contributed by atoms with van der Waals surface area (Å²) in [7, 11) is 0. The second kappa shape index (κ2) is 11.4. The van der Waals surface area contributed by atoms with E-state index in [0.29, 0.717) is 0 Å². The van der Waals surface area contributed by atoms with Crippen molar-refractivity contribution in [2.45, 2.75) is 64.2 Å². The van der Waals surface area contributed by atoms with Gasteiger partial charge in [-0.2, -0.15) is 0 Å². The molecule has 4 aromatic carbocycles. The maximum atomic E-state index is 11.3. The molecule has 2 aliphatic carbocycles. The van der Waals surface area contributed by atoms with Gasteiger partial charge in [0.15, 0.2) is 0 Å². The molecule has 0 fully saturated rings. The van der Waals surface area contributed by atoms with Crippen LogP contribution in [0.2, 0.25) is 0 Å². The van der Waals surface area contributed by atoms with Crippen LogP contribution in [0.25, 0.3) is 22.3 Å². The van der Waals surface area contributed by atoms with Gasteiger partial charge in [0.25, 0.3) is 11.4 Å². The molecule has 0 N–H and O–H groups in total. The highest BCUT2D eigenvalue weighted by atomic mass is 16.6. The monoisotopic (exact) mass is 534 g/mol. The topological polar surface area (TPSA) is 86.3 Å². The molecule has 204 valence electrons. The van der Waals surface area contributed by atoms with Crippen molar-refractivity contribution < 1.29 is 9.85 Å². The number of fused-ring (bicyclic) bond motifs is 6. The summed E-state index contributed by atoms with van der Waals surface area (Å²) in [5.74, 6) is 0. The number of hydrogen-bond donors (Lipinski definition) is 0. The molecule has 4 aromatic rings. The van der Waals surface area contributed by atoms with Crippen molar-refractivity contribution in [3.8, 4) is 22.3 Å². The quantitative estimate of drug-likeness (QED) is 0.147. The number of nitro groups is 2. The predicted molar refractivity (Wildman–Crippen MR) is 160 cm³/mol. The van der Waals surface area contributed by atoms with Gasteiger partial charge >= 0.3 is 0 Å². The molecule has 0 saturated carbocycles. The summed E-state index contributed by atoms with van der Waals surface area (Å²) in [6, 6.07) is 27.2. The third kappa shape index (κ3) is 4.90. The van der Waals surface area contributed by atoms with Crippen molar-refractivity contribution in [3.05, 3.63) is 127 Å². The molecule has 0 heterocycles. The van der Waals surface area contributed by atoms with Crippen molar-refractivity contribution in [1.29, 1.82) is 0 Å². The molecule has 0 saturated heterocycles. The van der Waals surface area contributed by atoms with Crippen molar-refractivity contribution >= 4 is 11.4 Å². The molecule has 6 rings (SSSR count). The van der Waals surface area contributed by atoms with E-state index in [1.807, 2.05) is 30.3 Å². The Morgan fingerprint density at radius 1 is 0.625 bits per heavy atom. The van der Waals surface area contributed by atoms with Crippen LogP contribution in [-0.4, -0.2) is 9.85 Å². The maximum Gasteiger partial charge on any atom is 0.269 e. The highest BCUT2D eigenvalue weighted by molar-refractivity contribution is 5.82. The number of nitrogens with zero attached hydrogens (tertiary/aromatic N) is 2. The Bertz CT molecular complexity index is 1570. The van der Waals surface area contributed by atoms with Crippen molar-refractivity contribution in [3.63, 3.8) is 0 Å². The van der Waals surface area contributed by atoms with Crippen LogP contribution in [0, 0.1) is 20.2 Å². The van der Waals surface area contributed by atoms with Crippen LogP contribution in [-0.2, 0) is 11.8 Å². The average Bonchev–Trinajstić information content (AvgIpc) is 3.48. The summed E-state index contributed by atoms with van der Waals surface area (Å²) in [4.78, 5) is 21.4. The van der Waals surface area contributed by atoms with Gasteiger partial charge in [-0.05, 0) is 75.9 Å². The minimum Gasteiger partial charge on any atom is -0.258 e. The first-order chi connectivity index (χ1) is 19.4. The molecule has 2 aliphatic rings. The van der Waals surface area contributed by atoms with Crippen molar-refractivity contribution in [2.75, 3.05) is 0 Å². The molecule has 0 aromatic heterocycles. The summed E-state index contributed by atoms with van der Waals surface area (Å²) < 4.78 is 0. The lowest BCUT2D eigenvalue weighted by molar-refractivity contribution is -0.385. The van der Waals surface area contributed by atoms with Gasteiger partial charge in [-0.3, -0.25) is 20.2 Å². The van der Waals surface area contributed by atoms with Gasteiger partial charge < -0.3 is 0 Å². The van der Waals surface area contributed by atoms with Gasteiger partial charge in [-0.15, -0.1) is 0 Å². The molecule has 0 radical (unpaired) electrons. The van der Waals surface area contributed by atoms with E-state index >= 15 is 0 Å². The normalized spacial score (nSPS) is 13.3. The molecule has 0 aliphatic heterocycles. The van der Waals surface area contributed by atoms with E-state index in [2.05, 4.69) is 50.2 Å². The smallest absolute Gasteiger partial charge is 0.258 e. The molecule has 6 nitrogen and oxygen atoms in total. The number of unbranched alkanes of at least 4 members (excludes halogenated alkanes) is 2. The second-order valence-corrected chi connectivity index (χ2v) is 10.8. The van der Waals surface area contributed by atoms with Crippen LogP contribution >= 0.6 is 0 Å². The molecular weight excluding hydrogens is 500 g/mol. The maximum absolute atomic E-state index is 11.3. The van der Waals surface area contributed by atoms with Crippen LogP contribution in [0.15, 0.2) is 84.9 Å². The number of hydrogen-bond acceptors (Lipinski definition) is 4. The van der Waals surface area contributed by atoms with E-state index in [4.69, 9.17) is 0 Å². The first kappa shape index (κ1) is 27.3. The number of nitro benzene ring substituents is 2. The molecule has 0 atom stereocenters. The molecule has 40 heavy (non-hydrogen) atoms. The molecule has 0 bridgehead atoms. The van der Waals surface area contributed by atoms with Gasteiger partial charge in [-0.1, -0.05) is 88.1 Å². The number of rotatable bonds is 8. The van der Waals surface area contributed by atoms with Crippen LogP contribution in [0.4, 0.5) is 11.4 Å². The molecule has 6 heteroatoms. The predicted octanol–water partition coefficient (Wildman–Crippen LogP) is 9.41. The first-order valence-corrected chi connectivity index (χ1v) is 14.1. The zero-order valence-corrected chi connectivity index (χ0v) is 23.1. The lowest BCUT2D eigenvalue weighted by Crippen LogP contribution is -2.25. The van der Waals surface area contributed by atoms with Crippen molar-refractivity contribution in [1.82, 2.24) is 0 Å². The van der Waals surface area contributed by atoms with Gasteiger partial charge in [0.2, 0.25) is 0 Å². The lowest BCUT2D eigenvalue weighted by Gasteiger charge is -2.32. The Hall–Kier alpha value is -4.32. The minimum absolute atomic E-state index is 0.0655. The van der Waals surface area contributed by atoms with E-state index in [1.165, 1.54) is 33.4 Å².